The predicted molar refractivity (Wildman–Crippen MR) is 87.1 cm³/mol. The van der Waals surface area contributed by atoms with E-state index in [4.69, 9.17) is 4.74 Å². The third kappa shape index (κ3) is 2.71. The van der Waals surface area contributed by atoms with Gasteiger partial charge in [-0.25, -0.2) is 0 Å². The topological polar surface area (TPSA) is 43.4 Å². The van der Waals surface area contributed by atoms with E-state index in [9.17, 15) is 9.59 Å². The quantitative estimate of drug-likeness (QED) is 0.625. The van der Waals surface area contributed by atoms with Gasteiger partial charge in [0.15, 0.2) is 12.4 Å². The summed E-state index contributed by atoms with van der Waals surface area (Å²) in [6, 6.07) is 7.43. The first kappa shape index (κ1) is 14.9. The van der Waals surface area contributed by atoms with Gasteiger partial charge >= 0.3 is 5.97 Å². The maximum absolute atomic E-state index is 12.7. The summed E-state index contributed by atoms with van der Waals surface area (Å²) in [4.78, 5) is 24.9. The Hall–Kier alpha value is -1.64. The Labute approximate surface area is 137 Å². The lowest BCUT2D eigenvalue weighted by atomic mass is 9.49. The van der Waals surface area contributed by atoms with Crippen molar-refractivity contribution in [2.45, 2.75) is 45.4 Å². The molecule has 0 radical (unpaired) electrons. The number of ketones is 1. The van der Waals surface area contributed by atoms with E-state index in [0.29, 0.717) is 23.3 Å². The van der Waals surface area contributed by atoms with Crippen molar-refractivity contribution in [2.24, 2.45) is 23.2 Å². The molecule has 0 unspecified atom stereocenters. The monoisotopic (exact) mass is 312 g/mol. The second kappa shape index (κ2) is 5.47. The van der Waals surface area contributed by atoms with Gasteiger partial charge in [-0.05, 0) is 63.2 Å². The van der Waals surface area contributed by atoms with Crippen LogP contribution >= 0.6 is 0 Å². The summed E-state index contributed by atoms with van der Waals surface area (Å²) >= 11 is 0. The molecule has 0 atom stereocenters. The number of benzene rings is 1. The van der Waals surface area contributed by atoms with E-state index >= 15 is 0 Å². The number of aryl methyl sites for hydroxylation is 1. The van der Waals surface area contributed by atoms with Gasteiger partial charge in [-0.1, -0.05) is 29.8 Å². The van der Waals surface area contributed by atoms with Gasteiger partial charge in [-0.15, -0.1) is 0 Å². The van der Waals surface area contributed by atoms with Crippen molar-refractivity contribution < 1.29 is 14.3 Å². The highest BCUT2D eigenvalue weighted by Gasteiger charge is 2.55. The van der Waals surface area contributed by atoms with Gasteiger partial charge in [-0.2, -0.15) is 0 Å². The molecule has 3 nitrogen and oxygen atoms in total. The molecule has 0 amide bonds. The van der Waals surface area contributed by atoms with Gasteiger partial charge in [0.2, 0.25) is 0 Å². The zero-order valence-corrected chi connectivity index (χ0v) is 13.7. The van der Waals surface area contributed by atoms with Crippen molar-refractivity contribution in [1.82, 2.24) is 0 Å². The fourth-order valence-electron chi connectivity index (χ4n) is 5.47. The molecule has 0 N–H and O–H groups in total. The van der Waals surface area contributed by atoms with Crippen LogP contribution in [0.1, 0.15) is 54.4 Å². The molecule has 0 spiro atoms. The lowest BCUT2D eigenvalue weighted by molar-refractivity contribution is -0.170. The molecule has 3 heteroatoms. The molecule has 4 bridgehead atoms. The molecule has 1 aromatic carbocycles. The van der Waals surface area contributed by atoms with Crippen LogP contribution in [0.25, 0.3) is 0 Å². The van der Waals surface area contributed by atoms with E-state index in [1.807, 2.05) is 19.1 Å². The van der Waals surface area contributed by atoms with Crippen LogP contribution in [0.5, 0.6) is 0 Å². The third-order valence-electron chi connectivity index (χ3n) is 6.18. The SMILES string of the molecule is Cc1ccc(C(=O)COC(=O)C23CC4CC(CC(C4)C2)C3)cc1. The Balaban J connectivity index is 1.40. The molecule has 0 saturated heterocycles. The number of hydrogen-bond acceptors (Lipinski definition) is 3. The van der Waals surface area contributed by atoms with Crippen LogP contribution in [-0.4, -0.2) is 18.4 Å². The van der Waals surface area contributed by atoms with E-state index in [1.54, 1.807) is 12.1 Å². The highest BCUT2D eigenvalue weighted by molar-refractivity contribution is 5.98. The van der Waals surface area contributed by atoms with Gasteiger partial charge in [0.05, 0.1) is 5.41 Å². The molecular formula is C20H24O3. The fraction of sp³-hybridized carbons (Fsp3) is 0.600. The Morgan fingerprint density at radius 1 is 1.00 bits per heavy atom. The van der Waals surface area contributed by atoms with Gasteiger partial charge < -0.3 is 4.74 Å². The van der Waals surface area contributed by atoms with Crippen molar-refractivity contribution in [3.63, 3.8) is 0 Å². The van der Waals surface area contributed by atoms with Crippen molar-refractivity contribution in [2.75, 3.05) is 6.61 Å². The van der Waals surface area contributed by atoms with Crippen LogP contribution in [0.4, 0.5) is 0 Å². The number of hydrogen-bond donors (Lipinski definition) is 0. The third-order valence-corrected chi connectivity index (χ3v) is 6.18. The lowest BCUT2D eigenvalue weighted by Gasteiger charge is -2.55. The molecule has 4 aliphatic rings. The molecule has 122 valence electrons. The lowest BCUT2D eigenvalue weighted by Crippen LogP contribution is -2.50. The number of esters is 1. The van der Waals surface area contributed by atoms with Gasteiger partial charge in [-0.3, -0.25) is 9.59 Å². The molecule has 5 rings (SSSR count). The highest BCUT2D eigenvalue weighted by atomic mass is 16.5. The summed E-state index contributed by atoms with van der Waals surface area (Å²) in [5.74, 6) is 1.91. The first-order chi connectivity index (χ1) is 11.0. The van der Waals surface area contributed by atoms with Crippen LogP contribution in [0.3, 0.4) is 0 Å². The number of rotatable bonds is 4. The second-order valence-electron chi connectivity index (χ2n) is 8.06. The van der Waals surface area contributed by atoms with Crippen LogP contribution in [0.2, 0.25) is 0 Å². The Morgan fingerprint density at radius 3 is 2.04 bits per heavy atom. The van der Waals surface area contributed by atoms with E-state index in [-0.39, 0.29) is 23.8 Å². The highest BCUT2D eigenvalue weighted by Crippen LogP contribution is 2.60. The van der Waals surface area contributed by atoms with Gasteiger partial charge in [0, 0.05) is 5.56 Å². The zero-order chi connectivity index (χ0) is 16.0. The summed E-state index contributed by atoms with van der Waals surface area (Å²) in [7, 11) is 0. The molecule has 4 fully saturated rings. The minimum Gasteiger partial charge on any atom is -0.457 e. The summed E-state index contributed by atoms with van der Waals surface area (Å²) in [6.45, 7) is 1.87. The van der Waals surface area contributed by atoms with E-state index in [0.717, 1.165) is 24.8 Å². The van der Waals surface area contributed by atoms with Crippen molar-refractivity contribution in [3.8, 4) is 0 Å². The normalized spacial score (nSPS) is 34.4. The Kier molecular flexibility index (Phi) is 3.55. The molecule has 0 aliphatic heterocycles. The summed E-state index contributed by atoms with van der Waals surface area (Å²) < 4.78 is 5.48. The maximum atomic E-state index is 12.7. The second-order valence-corrected chi connectivity index (χ2v) is 8.06. The standard InChI is InChI=1S/C20H24O3/c1-13-2-4-17(5-3-13)18(21)12-23-19(22)20-9-14-6-15(10-20)8-16(7-14)11-20/h2-5,14-16H,6-12H2,1H3. The van der Waals surface area contributed by atoms with Gasteiger partial charge in [0.1, 0.15) is 0 Å². The average molecular weight is 312 g/mol. The van der Waals surface area contributed by atoms with Crippen LogP contribution in [-0.2, 0) is 9.53 Å². The molecule has 4 saturated carbocycles. The average Bonchev–Trinajstić information content (AvgIpc) is 2.51. The van der Waals surface area contributed by atoms with Gasteiger partial charge in [0.25, 0.3) is 0 Å². The molecule has 23 heavy (non-hydrogen) atoms. The van der Waals surface area contributed by atoms with Crippen LogP contribution in [0.15, 0.2) is 24.3 Å². The number of ether oxygens (including phenoxy) is 1. The largest absolute Gasteiger partial charge is 0.457 e. The van der Waals surface area contributed by atoms with Crippen LogP contribution in [0, 0.1) is 30.1 Å². The van der Waals surface area contributed by atoms with E-state index in [1.165, 1.54) is 19.3 Å². The summed E-state index contributed by atoms with van der Waals surface area (Å²) in [6.07, 6.45) is 6.85. The minimum absolute atomic E-state index is 0.108. The first-order valence-corrected chi connectivity index (χ1v) is 8.81. The van der Waals surface area contributed by atoms with E-state index in [2.05, 4.69) is 0 Å². The fourth-order valence-corrected chi connectivity index (χ4v) is 5.47. The van der Waals surface area contributed by atoms with Crippen molar-refractivity contribution in [1.29, 1.82) is 0 Å². The summed E-state index contributed by atoms with van der Waals surface area (Å²) in [5, 5.41) is 0. The molecule has 1 aromatic rings. The molecule has 0 heterocycles. The maximum Gasteiger partial charge on any atom is 0.312 e. The van der Waals surface area contributed by atoms with E-state index < -0.39 is 0 Å². The number of Topliss-reactive ketones (excluding diaryl/α,β-unsaturated/α-hetero) is 1. The van der Waals surface area contributed by atoms with Crippen molar-refractivity contribution >= 4 is 11.8 Å². The molecular weight excluding hydrogens is 288 g/mol. The smallest absolute Gasteiger partial charge is 0.312 e. The number of carbonyl (C=O) groups excluding carboxylic acids is 2. The number of carbonyl (C=O) groups is 2. The summed E-state index contributed by atoms with van der Waals surface area (Å²) in [5.41, 5.74) is 1.46. The van der Waals surface area contributed by atoms with Crippen molar-refractivity contribution in [3.05, 3.63) is 35.4 Å². The Morgan fingerprint density at radius 2 is 1.52 bits per heavy atom. The minimum atomic E-state index is -0.275. The Bertz CT molecular complexity index is 594. The zero-order valence-electron chi connectivity index (χ0n) is 13.7. The first-order valence-electron chi connectivity index (χ1n) is 8.81. The molecule has 0 aromatic heterocycles. The predicted octanol–water partition coefficient (Wildman–Crippen LogP) is 3.94. The van der Waals surface area contributed by atoms with Crippen LogP contribution < -0.4 is 0 Å². The molecule has 4 aliphatic carbocycles.